The number of aryl methyl sites for hydroxylation is 1. The summed E-state index contributed by atoms with van der Waals surface area (Å²) in [5, 5.41) is 2.90. The van der Waals surface area contributed by atoms with Crippen LogP contribution >= 0.6 is 11.6 Å². The minimum Gasteiger partial charge on any atom is -0.385 e. The van der Waals surface area contributed by atoms with Crippen molar-refractivity contribution in [3.05, 3.63) is 58.6 Å². The van der Waals surface area contributed by atoms with E-state index >= 15 is 0 Å². The van der Waals surface area contributed by atoms with Gasteiger partial charge >= 0.3 is 0 Å². The average Bonchev–Trinajstić information content (AvgIpc) is 2.70. The number of benzene rings is 2. The van der Waals surface area contributed by atoms with Crippen molar-refractivity contribution >= 4 is 33.2 Å². The maximum absolute atomic E-state index is 12.7. The summed E-state index contributed by atoms with van der Waals surface area (Å²) in [7, 11) is -2.27. The van der Waals surface area contributed by atoms with Crippen LogP contribution in [0.3, 0.4) is 0 Å². The third kappa shape index (κ3) is 7.03. The molecular weight excluding hydrogens is 412 g/mol. The SMILES string of the molecule is CCCCc1ccc(NS(=O)(=O)c2ccc(Cl)c(C(=O)NCCCOC)c2)cc1. The molecule has 0 saturated heterocycles. The van der Waals surface area contributed by atoms with E-state index in [2.05, 4.69) is 17.0 Å². The molecule has 2 aromatic carbocycles. The lowest BCUT2D eigenvalue weighted by Gasteiger charge is -2.11. The van der Waals surface area contributed by atoms with Gasteiger partial charge in [-0.15, -0.1) is 0 Å². The molecule has 158 valence electrons. The van der Waals surface area contributed by atoms with Gasteiger partial charge in [-0.25, -0.2) is 8.42 Å². The van der Waals surface area contributed by atoms with Crippen LogP contribution in [-0.2, 0) is 21.2 Å². The first kappa shape index (κ1) is 23.2. The van der Waals surface area contributed by atoms with E-state index in [4.69, 9.17) is 16.3 Å². The van der Waals surface area contributed by atoms with Crippen molar-refractivity contribution in [2.45, 2.75) is 37.5 Å². The number of hydrogen-bond donors (Lipinski definition) is 2. The molecule has 0 aliphatic carbocycles. The molecule has 0 saturated carbocycles. The van der Waals surface area contributed by atoms with Gasteiger partial charge in [-0.05, 0) is 55.2 Å². The normalized spacial score (nSPS) is 11.3. The molecule has 6 nitrogen and oxygen atoms in total. The molecule has 0 bridgehead atoms. The summed E-state index contributed by atoms with van der Waals surface area (Å²) >= 11 is 6.10. The number of methoxy groups -OCH3 is 1. The van der Waals surface area contributed by atoms with Gasteiger partial charge in [0.2, 0.25) is 0 Å². The molecule has 29 heavy (non-hydrogen) atoms. The van der Waals surface area contributed by atoms with Crippen molar-refractivity contribution in [1.29, 1.82) is 0 Å². The number of halogens is 1. The molecule has 8 heteroatoms. The Morgan fingerprint density at radius 3 is 2.48 bits per heavy atom. The number of hydrogen-bond acceptors (Lipinski definition) is 4. The van der Waals surface area contributed by atoms with Crippen molar-refractivity contribution < 1.29 is 17.9 Å². The van der Waals surface area contributed by atoms with Gasteiger partial charge in [-0.2, -0.15) is 0 Å². The maximum Gasteiger partial charge on any atom is 0.261 e. The van der Waals surface area contributed by atoms with Gasteiger partial charge in [-0.1, -0.05) is 37.1 Å². The summed E-state index contributed by atoms with van der Waals surface area (Å²) in [5.74, 6) is -0.427. The van der Waals surface area contributed by atoms with Crippen LogP contribution < -0.4 is 10.0 Å². The highest BCUT2D eigenvalue weighted by atomic mass is 35.5. The quantitative estimate of drug-likeness (QED) is 0.513. The van der Waals surface area contributed by atoms with Crippen molar-refractivity contribution in [2.75, 3.05) is 25.0 Å². The van der Waals surface area contributed by atoms with Gasteiger partial charge in [0.1, 0.15) is 0 Å². The number of carbonyl (C=O) groups excluding carboxylic acids is 1. The fraction of sp³-hybridized carbons (Fsp3) is 0.381. The number of ether oxygens (including phenoxy) is 1. The van der Waals surface area contributed by atoms with Gasteiger partial charge < -0.3 is 10.1 Å². The minimum atomic E-state index is -3.85. The number of anilines is 1. The minimum absolute atomic E-state index is 0.0287. The summed E-state index contributed by atoms with van der Waals surface area (Å²) in [4.78, 5) is 12.3. The summed E-state index contributed by atoms with van der Waals surface area (Å²) in [6.45, 7) is 3.05. The first-order valence-corrected chi connectivity index (χ1v) is 11.4. The zero-order valence-electron chi connectivity index (χ0n) is 16.7. The predicted octanol–water partition coefficient (Wildman–Crippen LogP) is 4.25. The zero-order valence-corrected chi connectivity index (χ0v) is 18.3. The van der Waals surface area contributed by atoms with E-state index in [0.29, 0.717) is 25.3 Å². The lowest BCUT2D eigenvalue weighted by Crippen LogP contribution is -2.26. The summed E-state index contributed by atoms with van der Waals surface area (Å²) in [5.41, 5.74) is 1.74. The first-order valence-electron chi connectivity index (χ1n) is 9.56. The Morgan fingerprint density at radius 1 is 1.10 bits per heavy atom. The van der Waals surface area contributed by atoms with E-state index in [1.54, 1.807) is 19.2 Å². The van der Waals surface area contributed by atoms with E-state index in [-0.39, 0.29) is 15.5 Å². The van der Waals surface area contributed by atoms with Crippen LogP contribution in [0.5, 0.6) is 0 Å². The molecule has 0 radical (unpaired) electrons. The van der Waals surface area contributed by atoms with E-state index in [0.717, 1.165) is 24.8 Å². The van der Waals surface area contributed by atoms with Gasteiger partial charge in [0, 0.05) is 25.9 Å². The molecule has 2 N–H and O–H groups in total. The van der Waals surface area contributed by atoms with Crippen molar-refractivity contribution in [3.8, 4) is 0 Å². The molecular formula is C21H27ClN2O4S. The summed E-state index contributed by atoms with van der Waals surface area (Å²) in [6, 6.07) is 11.4. The second kappa shape index (κ2) is 11.2. The predicted molar refractivity (Wildman–Crippen MR) is 116 cm³/mol. The van der Waals surface area contributed by atoms with E-state index in [9.17, 15) is 13.2 Å². The summed E-state index contributed by atoms with van der Waals surface area (Å²) in [6.07, 6.45) is 3.80. The van der Waals surface area contributed by atoms with E-state index in [1.165, 1.54) is 18.2 Å². The molecule has 0 fully saturated rings. The molecule has 0 aromatic heterocycles. The van der Waals surface area contributed by atoms with E-state index < -0.39 is 15.9 Å². The fourth-order valence-electron chi connectivity index (χ4n) is 2.69. The zero-order chi connectivity index (χ0) is 21.3. The van der Waals surface area contributed by atoms with Crippen LogP contribution in [-0.4, -0.2) is 34.6 Å². The van der Waals surface area contributed by atoms with E-state index in [1.807, 2.05) is 12.1 Å². The monoisotopic (exact) mass is 438 g/mol. The highest BCUT2D eigenvalue weighted by Gasteiger charge is 2.19. The van der Waals surface area contributed by atoms with Crippen LogP contribution in [0.15, 0.2) is 47.4 Å². The smallest absolute Gasteiger partial charge is 0.261 e. The van der Waals surface area contributed by atoms with Crippen LogP contribution in [0.4, 0.5) is 5.69 Å². The fourth-order valence-corrected chi connectivity index (χ4v) is 3.98. The highest BCUT2D eigenvalue weighted by Crippen LogP contribution is 2.23. The molecule has 0 spiro atoms. The Labute approximate surface area is 177 Å². The number of unbranched alkanes of at least 4 members (excludes halogenated alkanes) is 1. The molecule has 1 amide bonds. The van der Waals surface area contributed by atoms with Gasteiger partial charge in [0.15, 0.2) is 0 Å². The lowest BCUT2D eigenvalue weighted by molar-refractivity contribution is 0.0948. The van der Waals surface area contributed by atoms with Gasteiger partial charge in [0.25, 0.3) is 15.9 Å². The number of rotatable bonds is 11. The van der Waals surface area contributed by atoms with Crippen molar-refractivity contribution in [2.24, 2.45) is 0 Å². The molecule has 0 atom stereocenters. The molecule has 2 aromatic rings. The third-order valence-electron chi connectivity index (χ3n) is 4.33. The Kier molecular flexibility index (Phi) is 8.95. The van der Waals surface area contributed by atoms with Crippen molar-refractivity contribution in [1.82, 2.24) is 5.32 Å². The van der Waals surface area contributed by atoms with Crippen LogP contribution in [0.1, 0.15) is 42.1 Å². The molecule has 0 unspecified atom stereocenters. The lowest BCUT2D eigenvalue weighted by atomic mass is 10.1. The second-order valence-corrected chi connectivity index (χ2v) is 8.74. The Hall–Kier alpha value is -2.09. The highest BCUT2D eigenvalue weighted by molar-refractivity contribution is 7.92. The standard InChI is InChI=1S/C21H27ClN2O4S/c1-3-4-6-16-7-9-17(10-8-16)24-29(26,27)18-11-12-20(22)19(15-18)21(25)23-13-5-14-28-2/h7-12,15,24H,3-6,13-14H2,1-2H3,(H,23,25). The largest absolute Gasteiger partial charge is 0.385 e. The molecule has 0 aliphatic heterocycles. The number of carbonyl (C=O) groups is 1. The third-order valence-corrected chi connectivity index (χ3v) is 6.04. The Bertz CT molecular complexity index is 915. The Morgan fingerprint density at radius 2 is 1.83 bits per heavy atom. The molecule has 2 rings (SSSR count). The number of sulfonamides is 1. The number of nitrogens with one attached hydrogen (secondary N) is 2. The average molecular weight is 439 g/mol. The first-order chi connectivity index (χ1) is 13.9. The second-order valence-electron chi connectivity index (χ2n) is 6.65. The molecule has 0 heterocycles. The van der Waals surface area contributed by atoms with Crippen molar-refractivity contribution in [3.63, 3.8) is 0 Å². The van der Waals surface area contributed by atoms with Gasteiger partial charge in [0.05, 0.1) is 15.5 Å². The molecule has 0 aliphatic rings. The topological polar surface area (TPSA) is 84.5 Å². The maximum atomic E-state index is 12.7. The number of amides is 1. The van der Waals surface area contributed by atoms with Crippen LogP contribution in [0.25, 0.3) is 0 Å². The van der Waals surface area contributed by atoms with Crippen LogP contribution in [0.2, 0.25) is 5.02 Å². The van der Waals surface area contributed by atoms with Crippen LogP contribution in [0, 0.1) is 0 Å². The Balaban J connectivity index is 2.12. The van der Waals surface area contributed by atoms with Gasteiger partial charge in [-0.3, -0.25) is 9.52 Å². The summed E-state index contributed by atoms with van der Waals surface area (Å²) < 4.78 is 33.0.